The minimum Gasteiger partial charge on any atom is -0.481 e. The molecule has 190 valence electrons. The van der Waals surface area contributed by atoms with E-state index in [4.69, 9.17) is 10.5 Å². The highest BCUT2D eigenvalue weighted by molar-refractivity contribution is 5.74. The molecule has 2 aromatic heterocycles. The van der Waals surface area contributed by atoms with Crippen molar-refractivity contribution in [3.05, 3.63) is 65.4 Å². The van der Waals surface area contributed by atoms with Crippen LogP contribution in [0.5, 0.6) is 5.75 Å². The van der Waals surface area contributed by atoms with Gasteiger partial charge in [0.05, 0.1) is 24.8 Å². The van der Waals surface area contributed by atoms with E-state index in [1.54, 1.807) is 12.3 Å². The number of primary amides is 1. The minimum atomic E-state index is -0.639. The Labute approximate surface area is 209 Å². The largest absolute Gasteiger partial charge is 0.481 e. The first-order chi connectivity index (χ1) is 17.1. The maximum Gasteiger partial charge on any atom is 0.217 e. The van der Waals surface area contributed by atoms with Crippen molar-refractivity contribution in [3.8, 4) is 17.0 Å². The smallest absolute Gasteiger partial charge is 0.217 e. The molecule has 7 nitrogen and oxygen atoms in total. The van der Waals surface area contributed by atoms with Crippen molar-refractivity contribution in [1.29, 1.82) is 0 Å². The summed E-state index contributed by atoms with van der Waals surface area (Å²) < 4.78 is 36.1. The van der Waals surface area contributed by atoms with Crippen LogP contribution in [0.2, 0.25) is 0 Å². The fourth-order valence-electron chi connectivity index (χ4n) is 4.28. The molecule has 1 atom stereocenters. The van der Waals surface area contributed by atoms with Gasteiger partial charge in [-0.25, -0.2) is 18.7 Å². The molecule has 0 aliphatic carbocycles. The van der Waals surface area contributed by atoms with Gasteiger partial charge in [0.1, 0.15) is 17.1 Å². The molecule has 3 heterocycles. The molecule has 0 radical (unpaired) electrons. The number of rotatable bonds is 8. The molecule has 2 N–H and O–H groups in total. The van der Waals surface area contributed by atoms with Crippen molar-refractivity contribution >= 4 is 11.6 Å². The molecule has 1 aliphatic heterocycles. The Morgan fingerprint density at radius 1 is 1.19 bits per heavy atom. The number of nitrogens with zero attached hydrogens (tertiary/aromatic N) is 4. The topological polar surface area (TPSA) is 94.2 Å². The summed E-state index contributed by atoms with van der Waals surface area (Å²) in [5, 5.41) is 0. The van der Waals surface area contributed by atoms with Gasteiger partial charge in [0.2, 0.25) is 5.91 Å². The molecule has 0 saturated heterocycles. The van der Waals surface area contributed by atoms with Gasteiger partial charge in [-0.15, -0.1) is 0 Å². The van der Waals surface area contributed by atoms with Crippen LogP contribution < -0.4 is 15.4 Å². The van der Waals surface area contributed by atoms with E-state index in [1.807, 2.05) is 26.0 Å². The van der Waals surface area contributed by atoms with Crippen LogP contribution in [0.1, 0.15) is 57.6 Å². The number of fused-ring (bicyclic) bond motifs is 1. The van der Waals surface area contributed by atoms with Crippen molar-refractivity contribution < 1.29 is 18.3 Å². The predicted molar refractivity (Wildman–Crippen MR) is 134 cm³/mol. The van der Waals surface area contributed by atoms with Crippen LogP contribution in [-0.2, 0) is 17.6 Å². The summed E-state index contributed by atoms with van der Waals surface area (Å²) in [4.78, 5) is 26.0. The molecule has 9 heteroatoms. The van der Waals surface area contributed by atoms with Crippen molar-refractivity contribution in [1.82, 2.24) is 15.0 Å². The average Bonchev–Trinajstić information content (AvgIpc) is 2.84. The highest BCUT2D eigenvalue weighted by Gasteiger charge is 2.36. The van der Waals surface area contributed by atoms with Gasteiger partial charge in [-0.2, -0.15) is 0 Å². The molecule has 1 aromatic carbocycles. The molecule has 0 fully saturated rings. The standard InChI is InChI=1S/C27H31F2N5O2/c1-5-16(2)34-15-27(3,4)36-26-20(28)10-18(11-22(26)34)25-21(29)14-32-24(33-25)12-19-8-6-17(13-31-19)7-9-23(30)35/h6,8,10-11,13-14,16H,5,7,9,12,15H2,1-4H3,(H2,30,35). The number of nitrogens with two attached hydrogens (primary N) is 1. The molecule has 3 aromatic rings. The molecule has 0 saturated carbocycles. The van der Waals surface area contributed by atoms with Crippen LogP contribution in [0.25, 0.3) is 11.3 Å². The highest BCUT2D eigenvalue weighted by Crippen LogP contribution is 2.43. The van der Waals surface area contributed by atoms with Crippen LogP contribution in [0.4, 0.5) is 14.5 Å². The van der Waals surface area contributed by atoms with Gasteiger partial charge in [-0.3, -0.25) is 9.78 Å². The van der Waals surface area contributed by atoms with Gasteiger partial charge in [0.15, 0.2) is 17.4 Å². The van der Waals surface area contributed by atoms with Crippen LogP contribution in [0, 0.1) is 11.6 Å². The summed E-state index contributed by atoms with van der Waals surface area (Å²) in [6.45, 7) is 8.57. The average molecular weight is 496 g/mol. The van der Waals surface area contributed by atoms with Crippen molar-refractivity contribution in [2.24, 2.45) is 5.73 Å². The second kappa shape index (κ2) is 10.2. The third kappa shape index (κ3) is 5.61. The number of anilines is 1. The first-order valence-corrected chi connectivity index (χ1v) is 12.1. The van der Waals surface area contributed by atoms with E-state index in [0.29, 0.717) is 35.7 Å². The Morgan fingerprint density at radius 3 is 2.64 bits per heavy atom. The number of carbonyl (C=O) groups is 1. The summed E-state index contributed by atoms with van der Waals surface area (Å²) in [7, 11) is 0. The van der Waals surface area contributed by atoms with Crippen LogP contribution in [0.3, 0.4) is 0 Å². The zero-order chi connectivity index (χ0) is 26.0. The van der Waals surface area contributed by atoms with Gasteiger partial charge in [0, 0.05) is 29.9 Å². The number of hydrogen-bond donors (Lipinski definition) is 1. The number of aryl methyl sites for hydroxylation is 1. The lowest BCUT2D eigenvalue weighted by Crippen LogP contribution is -2.50. The summed E-state index contributed by atoms with van der Waals surface area (Å²) in [5.41, 5.74) is 7.14. The second-order valence-corrected chi connectivity index (χ2v) is 9.84. The second-order valence-electron chi connectivity index (χ2n) is 9.84. The SMILES string of the molecule is CCC(C)N1CC(C)(C)Oc2c(F)cc(-c3nc(Cc4ccc(CCC(N)=O)cn4)ncc3F)cc21. The third-order valence-electron chi connectivity index (χ3n) is 6.34. The Kier molecular flexibility index (Phi) is 7.19. The van der Waals surface area contributed by atoms with Gasteiger partial charge < -0.3 is 15.4 Å². The van der Waals surface area contributed by atoms with Gasteiger partial charge in [0.25, 0.3) is 0 Å². The number of halogens is 2. The number of aromatic nitrogens is 3. The molecule has 1 amide bonds. The van der Waals surface area contributed by atoms with Gasteiger partial charge in [-0.1, -0.05) is 13.0 Å². The lowest BCUT2D eigenvalue weighted by Gasteiger charge is -2.44. The third-order valence-corrected chi connectivity index (χ3v) is 6.34. The summed E-state index contributed by atoms with van der Waals surface area (Å²) >= 11 is 0. The first kappa shape index (κ1) is 25.5. The Bertz CT molecular complexity index is 1260. The highest BCUT2D eigenvalue weighted by atomic mass is 19.1. The maximum absolute atomic E-state index is 15.3. The molecule has 1 unspecified atom stereocenters. The molecule has 0 bridgehead atoms. The van der Waals surface area contributed by atoms with E-state index in [9.17, 15) is 9.18 Å². The van der Waals surface area contributed by atoms with Crippen molar-refractivity contribution in [2.75, 3.05) is 11.4 Å². The van der Waals surface area contributed by atoms with E-state index < -0.39 is 17.2 Å². The number of benzene rings is 1. The van der Waals surface area contributed by atoms with E-state index >= 15 is 4.39 Å². The van der Waals surface area contributed by atoms with Crippen LogP contribution >= 0.6 is 0 Å². The lowest BCUT2D eigenvalue weighted by atomic mass is 10.00. The van der Waals surface area contributed by atoms with Gasteiger partial charge >= 0.3 is 0 Å². The lowest BCUT2D eigenvalue weighted by molar-refractivity contribution is -0.117. The number of amides is 1. The Balaban J connectivity index is 1.64. The number of ether oxygens (including phenoxy) is 1. The van der Waals surface area contributed by atoms with Gasteiger partial charge in [-0.05, 0) is 57.4 Å². The molecular weight excluding hydrogens is 464 g/mol. The normalized spacial score (nSPS) is 15.2. The molecular formula is C27H31F2N5O2. The van der Waals surface area contributed by atoms with Crippen LogP contribution in [-0.4, -0.2) is 39.0 Å². The Hall–Kier alpha value is -3.62. The van der Waals surface area contributed by atoms with Crippen LogP contribution in [0.15, 0.2) is 36.7 Å². The summed E-state index contributed by atoms with van der Waals surface area (Å²) in [5.74, 6) is -1.03. The summed E-state index contributed by atoms with van der Waals surface area (Å²) in [6, 6.07) is 6.81. The quantitative estimate of drug-likeness (QED) is 0.491. The Morgan fingerprint density at radius 2 is 1.97 bits per heavy atom. The van der Waals surface area contributed by atoms with E-state index in [-0.39, 0.29) is 36.2 Å². The van der Waals surface area contributed by atoms with E-state index in [1.165, 1.54) is 6.07 Å². The summed E-state index contributed by atoms with van der Waals surface area (Å²) in [6.07, 6.45) is 4.67. The van der Waals surface area contributed by atoms with Crippen molar-refractivity contribution in [3.63, 3.8) is 0 Å². The maximum atomic E-state index is 15.3. The molecule has 4 rings (SSSR count). The molecule has 1 aliphatic rings. The van der Waals surface area contributed by atoms with E-state index in [0.717, 1.165) is 18.2 Å². The fraction of sp³-hybridized carbons (Fsp3) is 0.407. The molecule has 0 spiro atoms. The zero-order valence-corrected chi connectivity index (χ0v) is 21.0. The number of hydrogen-bond acceptors (Lipinski definition) is 6. The monoisotopic (exact) mass is 495 g/mol. The van der Waals surface area contributed by atoms with E-state index in [2.05, 4.69) is 33.7 Å². The first-order valence-electron chi connectivity index (χ1n) is 12.1. The number of pyridine rings is 1. The number of carbonyl (C=O) groups excluding carboxylic acids is 1. The minimum absolute atomic E-state index is 0.0220. The molecule has 36 heavy (non-hydrogen) atoms. The van der Waals surface area contributed by atoms with Crippen molar-refractivity contribution in [2.45, 2.75) is 65.0 Å². The zero-order valence-electron chi connectivity index (χ0n) is 21.0. The fourth-order valence-corrected chi connectivity index (χ4v) is 4.28. The predicted octanol–water partition coefficient (Wildman–Crippen LogP) is 4.60.